The van der Waals surface area contributed by atoms with Gasteiger partial charge in [-0.25, -0.2) is 17.2 Å². The summed E-state index contributed by atoms with van der Waals surface area (Å²) in [5, 5.41) is 0. The molecule has 0 atom stereocenters. The zero-order valence-electron chi connectivity index (χ0n) is 9.37. The van der Waals surface area contributed by atoms with E-state index < -0.39 is 23.0 Å². The number of thiophene rings is 1. The second-order valence-corrected chi connectivity index (χ2v) is 8.33. The Kier molecular flexibility index (Phi) is 5.98. The van der Waals surface area contributed by atoms with E-state index in [1.807, 2.05) is 0 Å². The minimum absolute atomic E-state index is 0.0314. The molecule has 0 saturated carbocycles. The van der Waals surface area contributed by atoms with Crippen LogP contribution >= 0.6 is 38.9 Å². The van der Waals surface area contributed by atoms with Crippen LogP contribution in [0.25, 0.3) is 0 Å². The summed E-state index contributed by atoms with van der Waals surface area (Å²) < 4.78 is 50.6. The van der Waals surface area contributed by atoms with E-state index in [2.05, 4.69) is 15.9 Å². The molecule has 0 N–H and O–H groups in total. The van der Waals surface area contributed by atoms with Crippen molar-refractivity contribution in [1.29, 1.82) is 0 Å². The third-order valence-electron chi connectivity index (χ3n) is 2.14. The molecule has 0 fully saturated rings. The third kappa shape index (κ3) is 3.86. The van der Waals surface area contributed by atoms with E-state index in [1.54, 1.807) is 6.92 Å². The van der Waals surface area contributed by atoms with Gasteiger partial charge < -0.3 is 0 Å². The van der Waals surface area contributed by atoms with Gasteiger partial charge in [-0.05, 0) is 28.9 Å². The van der Waals surface area contributed by atoms with Crippen LogP contribution in [0, 0.1) is 6.92 Å². The highest BCUT2D eigenvalue weighted by Crippen LogP contribution is 2.31. The predicted octanol–water partition coefficient (Wildman–Crippen LogP) is 3.31. The standard InChI is InChI=1S/C9H11BrClF2NO2S2/c1-6-7(4-8(10)17-6)18(15,16)14(3-2-11)5-9(12)13/h4,9H,2-3,5H2,1H3. The van der Waals surface area contributed by atoms with Crippen molar-refractivity contribution < 1.29 is 17.2 Å². The van der Waals surface area contributed by atoms with Crippen LogP contribution < -0.4 is 0 Å². The van der Waals surface area contributed by atoms with Crippen molar-refractivity contribution in [2.45, 2.75) is 18.2 Å². The van der Waals surface area contributed by atoms with E-state index in [0.29, 0.717) is 13.0 Å². The Morgan fingerprint density at radius 2 is 2.17 bits per heavy atom. The van der Waals surface area contributed by atoms with Crippen molar-refractivity contribution in [3.8, 4) is 0 Å². The van der Waals surface area contributed by atoms with Crippen molar-refractivity contribution in [3.63, 3.8) is 0 Å². The van der Waals surface area contributed by atoms with Crippen molar-refractivity contribution in [3.05, 3.63) is 14.7 Å². The lowest BCUT2D eigenvalue weighted by atomic mass is 10.5. The molecule has 9 heteroatoms. The fourth-order valence-electron chi connectivity index (χ4n) is 1.38. The van der Waals surface area contributed by atoms with E-state index in [1.165, 1.54) is 17.4 Å². The van der Waals surface area contributed by atoms with Gasteiger partial charge in [0.1, 0.15) is 0 Å². The highest BCUT2D eigenvalue weighted by molar-refractivity contribution is 9.11. The molecule has 1 rings (SSSR count). The van der Waals surface area contributed by atoms with Gasteiger partial charge in [-0.1, -0.05) is 0 Å². The predicted molar refractivity (Wildman–Crippen MR) is 72.2 cm³/mol. The molecule has 0 unspecified atom stereocenters. The van der Waals surface area contributed by atoms with Crippen LogP contribution in [0.3, 0.4) is 0 Å². The molecule has 3 nitrogen and oxygen atoms in total. The van der Waals surface area contributed by atoms with Gasteiger partial charge in [0.2, 0.25) is 10.0 Å². The highest BCUT2D eigenvalue weighted by atomic mass is 79.9. The Morgan fingerprint density at radius 3 is 2.56 bits per heavy atom. The monoisotopic (exact) mass is 381 g/mol. The van der Waals surface area contributed by atoms with Crippen molar-refractivity contribution >= 4 is 48.9 Å². The number of aryl methyl sites for hydroxylation is 1. The maximum atomic E-state index is 12.4. The number of hydrogen-bond acceptors (Lipinski definition) is 3. The summed E-state index contributed by atoms with van der Waals surface area (Å²) in [6.45, 7) is 0.645. The van der Waals surface area contributed by atoms with Crippen LogP contribution in [0.2, 0.25) is 0 Å². The van der Waals surface area contributed by atoms with E-state index in [4.69, 9.17) is 11.6 Å². The van der Waals surface area contributed by atoms with Crippen LogP contribution in [-0.4, -0.2) is 38.1 Å². The molecule has 0 amide bonds. The lowest BCUT2D eigenvalue weighted by Crippen LogP contribution is -2.36. The lowest BCUT2D eigenvalue weighted by Gasteiger charge is -2.20. The Balaban J connectivity index is 3.12. The molecular formula is C9H11BrClF2NO2S2. The molecule has 1 aromatic rings. The first kappa shape index (κ1) is 16.3. The molecule has 18 heavy (non-hydrogen) atoms. The quantitative estimate of drug-likeness (QED) is 0.708. The summed E-state index contributed by atoms with van der Waals surface area (Å²) in [4.78, 5) is 0.598. The average Bonchev–Trinajstić information content (AvgIpc) is 2.57. The summed E-state index contributed by atoms with van der Waals surface area (Å²) in [7, 11) is -3.92. The number of halogens is 4. The third-order valence-corrected chi connectivity index (χ3v) is 5.98. The molecule has 1 aromatic heterocycles. The molecule has 0 aliphatic rings. The fourth-order valence-corrected chi connectivity index (χ4v) is 5.49. The molecule has 0 aromatic carbocycles. The van der Waals surface area contributed by atoms with Gasteiger partial charge in [0.05, 0.1) is 15.2 Å². The Hall–Kier alpha value is 0.240. The molecule has 0 saturated heterocycles. The second kappa shape index (κ2) is 6.60. The molecular weight excluding hydrogens is 372 g/mol. The minimum atomic E-state index is -3.92. The van der Waals surface area contributed by atoms with Gasteiger partial charge in [0.25, 0.3) is 6.43 Å². The van der Waals surface area contributed by atoms with Crippen molar-refractivity contribution in [2.24, 2.45) is 0 Å². The van der Waals surface area contributed by atoms with Gasteiger partial charge in [-0.2, -0.15) is 4.31 Å². The Labute approximate surface area is 122 Å². The zero-order chi connectivity index (χ0) is 13.9. The summed E-state index contributed by atoms with van der Waals surface area (Å²) in [5.41, 5.74) is 0. The van der Waals surface area contributed by atoms with Crippen molar-refractivity contribution in [2.75, 3.05) is 19.0 Å². The van der Waals surface area contributed by atoms with Gasteiger partial charge in [0.15, 0.2) is 0 Å². The van der Waals surface area contributed by atoms with Crippen LogP contribution in [0.4, 0.5) is 8.78 Å². The summed E-state index contributed by atoms with van der Waals surface area (Å²) in [6.07, 6.45) is -2.73. The smallest absolute Gasteiger partial charge is 0.209 e. The van der Waals surface area contributed by atoms with E-state index in [9.17, 15) is 17.2 Å². The number of hydrogen-bond donors (Lipinski definition) is 0. The van der Waals surface area contributed by atoms with Crippen LogP contribution in [0.15, 0.2) is 14.7 Å². The van der Waals surface area contributed by atoms with Crippen LogP contribution in [0.5, 0.6) is 0 Å². The number of rotatable bonds is 6. The Bertz CT molecular complexity index is 507. The van der Waals surface area contributed by atoms with Crippen LogP contribution in [0.1, 0.15) is 4.88 Å². The first-order chi connectivity index (χ1) is 8.28. The average molecular weight is 383 g/mol. The first-order valence-corrected chi connectivity index (χ1v) is 8.47. The molecule has 0 spiro atoms. The Morgan fingerprint density at radius 1 is 1.56 bits per heavy atom. The largest absolute Gasteiger partial charge is 0.252 e. The normalized spacial score (nSPS) is 12.6. The molecule has 0 aliphatic carbocycles. The second-order valence-electron chi connectivity index (χ2n) is 3.41. The number of sulfonamides is 1. The summed E-state index contributed by atoms with van der Waals surface area (Å²) in [6, 6.07) is 1.42. The summed E-state index contributed by atoms with van der Waals surface area (Å²) >= 11 is 9.88. The maximum absolute atomic E-state index is 12.4. The zero-order valence-corrected chi connectivity index (χ0v) is 13.3. The molecule has 0 bridgehead atoms. The maximum Gasteiger partial charge on any atom is 0.252 e. The van der Waals surface area contributed by atoms with E-state index in [-0.39, 0.29) is 17.3 Å². The molecule has 0 radical (unpaired) electrons. The van der Waals surface area contributed by atoms with Crippen molar-refractivity contribution in [1.82, 2.24) is 4.31 Å². The fraction of sp³-hybridized carbons (Fsp3) is 0.556. The van der Waals surface area contributed by atoms with E-state index >= 15 is 0 Å². The summed E-state index contributed by atoms with van der Waals surface area (Å²) in [5.74, 6) is -0.0314. The van der Waals surface area contributed by atoms with Crippen LogP contribution in [-0.2, 0) is 10.0 Å². The molecule has 104 valence electrons. The number of alkyl halides is 3. The van der Waals surface area contributed by atoms with Gasteiger partial charge >= 0.3 is 0 Å². The molecule has 1 heterocycles. The number of nitrogens with zero attached hydrogens (tertiary/aromatic N) is 1. The SMILES string of the molecule is Cc1sc(Br)cc1S(=O)(=O)N(CCCl)CC(F)F. The van der Waals surface area contributed by atoms with Gasteiger partial charge in [0, 0.05) is 17.3 Å². The topological polar surface area (TPSA) is 37.4 Å². The van der Waals surface area contributed by atoms with Gasteiger partial charge in [-0.15, -0.1) is 22.9 Å². The highest BCUT2D eigenvalue weighted by Gasteiger charge is 2.29. The lowest BCUT2D eigenvalue weighted by molar-refractivity contribution is 0.121. The minimum Gasteiger partial charge on any atom is -0.209 e. The first-order valence-electron chi connectivity index (χ1n) is 4.89. The van der Waals surface area contributed by atoms with E-state index in [0.717, 1.165) is 0 Å². The van der Waals surface area contributed by atoms with Gasteiger partial charge in [-0.3, -0.25) is 0 Å². The molecule has 0 aliphatic heterocycles.